The van der Waals surface area contributed by atoms with Crippen molar-refractivity contribution in [2.45, 2.75) is 11.7 Å². The number of nitrogens with one attached hydrogen (secondary N) is 2. The second kappa shape index (κ2) is 10.3. The summed E-state index contributed by atoms with van der Waals surface area (Å²) in [7, 11) is 3.24. The lowest BCUT2D eigenvalue weighted by Gasteiger charge is -2.09. The summed E-state index contributed by atoms with van der Waals surface area (Å²) >= 11 is 6.89. The van der Waals surface area contributed by atoms with Crippen LogP contribution in [0, 0.1) is 5.82 Å². The molecule has 1 aromatic heterocycles. The fourth-order valence-corrected chi connectivity index (χ4v) is 3.52. The third-order valence-electron chi connectivity index (χ3n) is 4.22. The van der Waals surface area contributed by atoms with Gasteiger partial charge in [0.2, 0.25) is 5.91 Å². The van der Waals surface area contributed by atoms with Gasteiger partial charge < -0.3 is 19.9 Å². The third kappa shape index (κ3) is 5.74. The summed E-state index contributed by atoms with van der Waals surface area (Å²) in [4.78, 5) is 24.5. The van der Waals surface area contributed by atoms with E-state index in [0.29, 0.717) is 28.0 Å². The first kappa shape index (κ1) is 22.6. The Morgan fingerprint density at radius 2 is 2.00 bits per heavy atom. The van der Waals surface area contributed by atoms with Crippen molar-refractivity contribution in [1.82, 2.24) is 20.1 Å². The molecule has 2 N–H and O–H groups in total. The summed E-state index contributed by atoms with van der Waals surface area (Å²) in [6, 6.07) is 10.8. The first-order valence-corrected chi connectivity index (χ1v) is 10.4. The predicted octanol–water partition coefficient (Wildman–Crippen LogP) is 3.28. The number of hydrogen-bond acceptors (Lipinski definition) is 6. The first-order chi connectivity index (χ1) is 14.9. The van der Waals surface area contributed by atoms with E-state index in [1.54, 1.807) is 35.9 Å². The van der Waals surface area contributed by atoms with Gasteiger partial charge in [-0.3, -0.25) is 9.59 Å². The molecular weight excluding hydrogens is 445 g/mol. The van der Waals surface area contributed by atoms with Crippen LogP contribution in [-0.4, -0.2) is 39.4 Å². The first-order valence-electron chi connectivity index (χ1n) is 9.06. The number of benzene rings is 2. The van der Waals surface area contributed by atoms with E-state index in [0.717, 1.165) is 0 Å². The Kier molecular flexibility index (Phi) is 7.48. The van der Waals surface area contributed by atoms with Crippen molar-refractivity contribution in [3.63, 3.8) is 0 Å². The Morgan fingerprint density at radius 1 is 1.23 bits per heavy atom. The third-order valence-corrected chi connectivity index (χ3v) is 5.53. The molecule has 0 aliphatic rings. The molecule has 0 radical (unpaired) electrons. The lowest BCUT2D eigenvalue weighted by molar-refractivity contribution is -0.113. The van der Waals surface area contributed by atoms with E-state index >= 15 is 0 Å². The van der Waals surface area contributed by atoms with E-state index in [4.69, 9.17) is 16.3 Å². The standard InChI is InChI=1S/C20H19ClFN5O3S/c1-27-17(10-23-19(29)13-5-3-4-6-16(13)30-2)25-26-20(27)31-11-18(28)24-12-7-8-15(22)14(21)9-12/h3-9H,10-11H2,1-2H3,(H,23,29)(H,24,28). The van der Waals surface area contributed by atoms with Gasteiger partial charge in [-0.1, -0.05) is 35.5 Å². The zero-order valence-corrected chi connectivity index (χ0v) is 18.3. The molecule has 162 valence electrons. The van der Waals surface area contributed by atoms with Crippen LogP contribution in [0.4, 0.5) is 10.1 Å². The molecule has 0 saturated carbocycles. The molecule has 0 fully saturated rings. The summed E-state index contributed by atoms with van der Waals surface area (Å²) in [6.07, 6.45) is 0. The van der Waals surface area contributed by atoms with E-state index in [-0.39, 0.29) is 29.1 Å². The quantitative estimate of drug-likeness (QED) is 0.497. The Labute approximate surface area is 187 Å². The van der Waals surface area contributed by atoms with Crippen LogP contribution in [0.5, 0.6) is 5.75 Å². The maximum absolute atomic E-state index is 13.2. The van der Waals surface area contributed by atoms with Crippen molar-refractivity contribution in [3.05, 3.63) is 64.7 Å². The second-order valence-corrected chi connectivity index (χ2v) is 7.66. The lowest BCUT2D eigenvalue weighted by Crippen LogP contribution is -2.25. The van der Waals surface area contributed by atoms with Gasteiger partial charge in [0.15, 0.2) is 11.0 Å². The van der Waals surface area contributed by atoms with Crippen LogP contribution in [-0.2, 0) is 18.4 Å². The maximum Gasteiger partial charge on any atom is 0.255 e. The fraction of sp³-hybridized carbons (Fsp3) is 0.200. The molecule has 31 heavy (non-hydrogen) atoms. The van der Waals surface area contributed by atoms with Crippen LogP contribution in [0.15, 0.2) is 47.6 Å². The molecule has 0 saturated heterocycles. The summed E-state index contributed by atoms with van der Waals surface area (Å²) in [5.74, 6) is -0.0968. The topological polar surface area (TPSA) is 98.1 Å². The molecule has 0 spiro atoms. The van der Waals surface area contributed by atoms with Crippen molar-refractivity contribution in [3.8, 4) is 5.75 Å². The normalized spacial score (nSPS) is 10.6. The number of aromatic nitrogens is 3. The molecular formula is C20H19ClFN5O3S. The number of halogens is 2. The molecule has 2 amide bonds. The SMILES string of the molecule is COc1ccccc1C(=O)NCc1nnc(SCC(=O)Nc2ccc(F)c(Cl)c2)n1C. The maximum atomic E-state index is 13.2. The summed E-state index contributed by atoms with van der Waals surface area (Å²) in [6.45, 7) is 0.154. The fourth-order valence-electron chi connectivity index (χ4n) is 2.61. The Bertz CT molecular complexity index is 1110. The molecule has 3 rings (SSSR count). The monoisotopic (exact) mass is 463 g/mol. The van der Waals surface area contributed by atoms with Crippen LogP contribution in [0.3, 0.4) is 0 Å². The smallest absolute Gasteiger partial charge is 0.255 e. The number of carbonyl (C=O) groups excluding carboxylic acids is 2. The Hall–Kier alpha value is -3.11. The van der Waals surface area contributed by atoms with Crippen LogP contribution in [0.2, 0.25) is 5.02 Å². The highest BCUT2D eigenvalue weighted by molar-refractivity contribution is 7.99. The van der Waals surface area contributed by atoms with Crippen molar-refractivity contribution >= 4 is 40.9 Å². The van der Waals surface area contributed by atoms with Gasteiger partial charge in [-0.05, 0) is 30.3 Å². The van der Waals surface area contributed by atoms with Crippen molar-refractivity contribution < 1.29 is 18.7 Å². The van der Waals surface area contributed by atoms with Gasteiger partial charge in [-0.15, -0.1) is 10.2 Å². The van der Waals surface area contributed by atoms with Crippen LogP contribution < -0.4 is 15.4 Å². The highest BCUT2D eigenvalue weighted by atomic mass is 35.5. The van der Waals surface area contributed by atoms with E-state index < -0.39 is 5.82 Å². The molecule has 1 heterocycles. The molecule has 0 bridgehead atoms. The summed E-state index contributed by atoms with van der Waals surface area (Å²) in [5, 5.41) is 14.0. The minimum atomic E-state index is -0.557. The van der Waals surface area contributed by atoms with Crippen molar-refractivity contribution in [2.75, 3.05) is 18.2 Å². The molecule has 2 aromatic carbocycles. The molecule has 0 unspecified atom stereocenters. The van der Waals surface area contributed by atoms with Crippen LogP contribution in [0.1, 0.15) is 16.2 Å². The van der Waals surface area contributed by atoms with Gasteiger partial charge in [-0.25, -0.2) is 4.39 Å². The van der Waals surface area contributed by atoms with Crippen LogP contribution >= 0.6 is 23.4 Å². The van der Waals surface area contributed by atoms with E-state index in [1.807, 2.05) is 0 Å². The molecule has 0 atom stereocenters. The zero-order valence-electron chi connectivity index (χ0n) is 16.7. The summed E-state index contributed by atoms with van der Waals surface area (Å²) in [5.41, 5.74) is 0.814. The number of anilines is 1. The van der Waals surface area contributed by atoms with Gasteiger partial charge in [-0.2, -0.15) is 0 Å². The van der Waals surface area contributed by atoms with Gasteiger partial charge in [0.1, 0.15) is 11.6 Å². The number of para-hydroxylation sites is 1. The Balaban J connectivity index is 1.54. The molecule has 3 aromatic rings. The molecule has 11 heteroatoms. The predicted molar refractivity (Wildman–Crippen MR) is 116 cm³/mol. The van der Waals surface area contributed by atoms with Gasteiger partial charge >= 0.3 is 0 Å². The average molecular weight is 464 g/mol. The second-order valence-electron chi connectivity index (χ2n) is 6.31. The number of rotatable bonds is 8. The van der Waals surface area contributed by atoms with Crippen molar-refractivity contribution in [1.29, 1.82) is 0 Å². The lowest BCUT2D eigenvalue weighted by atomic mass is 10.2. The minimum Gasteiger partial charge on any atom is -0.496 e. The summed E-state index contributed by atoms with van der Waals surface area (Å²) < 4.78 is 20.1. The molecule has 0 aliphatic heterocycles. The van der Waals surface area contributed by atoms with E-state index in [9.17, 15) is 14.0 Å². The zero-order chi connectivity index (χ0) is 22.4. The molecule has 8 nitrogen and oxygen atoms in total. The van der Waals surface area contributed by atoms with Gasteiger partial charge in [0, 0.05) is 12.7 Å². The number of carbonyl (C=O) groups is 2. The largest absolute Gasteiger partial charge is 0.496 e. The van der Waals surface area contributed by atoms with Crippen LogP contribution in [0.25, 0.3) is 0 Å². The van der Waals surface area contributed by atoms with Gasteiger partial charge in [0.25, 0.3) is 5.91 Å². The van der Waals surface area contributed by atoms with E-state index in [2.05, 4.69) is 20.8 Å². The average Bonchev–Trinajstić information content (AvgIpc) is 3.12. The Morgan fingerprint density at radius 3 is 2.74 bits per heavy atom. The molecule has 0 aliphatic carbocycles. The number of methoxy groups -OCH3 is 1. The van der Waals surface area contributed by atoms with Gasteiger partial charge in [0.05, 0.1) is 30.0 Å². The number of thioether (sulfide) groups is 1. The minimum absolute atomic E-state index is 0.0640. The van der Waals surface area contributed by atoms with E-state index in [1.165, 1.54) is 37.1 Å². The van der Waals surface area contributed by atoms with Crippen molar-refractivity contribution in [2.24, 2.45) is 7.05 Å². The highest BCUT2D eigenvalue weighted by Gasteiger charge is 2.15. The highest BCUT2D eigenvalue weighted by Crippen LogP contribution is 2.21. The number of amides is 2. The number of ether oxygens (including phenoxy) is 1. The number of hydrogen-bond donors (Lipinski definition) is 2. The number of nitrogens with zero attached hydrogens (tertiary/aromatic N) is 3.